The molecule has 0 radical (unpaired) electrons. The lowest BCUT2D eigenvalue weighted by atomic mass is 9.67. The van der Waals surface area contributed by atoms with Gasteiger partial charge >= 0.3 is 0 Å². The lowest BCUT2D eigenvalue weighted by Gasteiger charge is -2.46. The molecule has 0 aromatic heterocycles. The maximum Gasteiger partial charge on any atom is 0.253 e. The minimum Gasteiger partial charge on any atom is -0.306 e. The molecule has 0 amide bonds. The van der Waals surface area contributed by atoms with Crippen molar-refractivity contribution in [2.24, 2.45) is 5.41 Å². The summed E-state index contributed by atoms with van der Waals surface area (Å²) in [5.41, 5.74) is 0.211. The van der Waals surface area contributed by atoms with Crippen molar-refractivity contribution in [1.82, 2.24) is 5.32 Å². The average Bonchev–Trinajstić information content (AvgIpc) is 1.97. The van der Waals surface area contributed by atoms with Crippen LogP contribution < -0.4 is 5.32 Å². The highest BCUT2D eigenvalue weighted by atomic mass is 19.3. The summed E-state index contributed by atoms with van der Waals surface area (Å²) in [6.07, 6.45) is -0.0774. The van der Waals surface area contributed by atoms with Crippen molar-refractivity contribution < 1.29 is 8.78 Å². The molecular formula is C9H17F2N. The lowest BCUT2D eigenvalue weighted by molar-refractivity contribution is 0.0485. The minimum atomic E-state index is -2.25. The number of halogens is 2. The van der Waals surface area contributed by atoms with Gasteiger partial charge in [0.2, 0.25) is 0 Å². The van der Waals surface area contributed by atoms with Gasteiger partial charge in [0.15, 0.2) is 0 Å². The van der Waals surface area contributed by atoms with E-state index in [-0.39, 0.29) is 11.5 Å². The van der Waals surface area contributed by atoms with Crippen LogP contribution in [0.2, 0.25) is 0 Å². The third-order valence-electron chi connectivity index (χ3n) is 2.86. The molecule has 12 heavy (non-hydrogen) atoms. The number of rotatable bonds is 3. The first kappa shape index (κ1) is 9.90. The van der Waals surface area contributed by atoms with Crippen LogP contribution in [0.5, 0.6) is 0 Å². The zero-order valence-corrected chi connectivity index (χ0v) is 7.90. The fraction of sp³-hybridized carbons (Fsp3) is 1.00. The molecule has 0 aliphatic heterocycles. The maximum atomic E-state index is 12.1. The standard InChI is InChI=1S/C9H17F2N/c1-6(8(10)11)12-7-4-5-9(7,2)3/h6-8,12H,4-5H2,1-3H3. The van der Waals surface area contributed by atoms with E-state index in [0.29, 0.717) is 0 Å². The fourth-order valence-corrected chi connectivity index (χ4v) is 1.57. The summed E-state index contributed by atoms with van der Waals surface area (Å²) in [6.45, 7) is 5.78. The van der Waals surface area contributed by atoms with Crippen LogP contribution in [-0.4, -0.2) is 18.5 Å². The van der Waals surface area contributed by atoms with Gasteiger partial charge in [-0.1, -0.05) is 13.8 Å². The van der Waals surface area contributed by atoms with Crippen molar-refractivity contribution in [3.8, 4) is 0 Å². The number of hydrogen-bond donors (Lipinski definition) is 1. The fourth-order valence-electron chi connectivity index (χ4n) is 1.57. The van der Waals surface area contributed by atoms with Gasteiger partial charge in [0.25, 0.3) is 6.43 Å². The van der Waals surface area contributed by atoms with Crippen molar-refractivity contribution in [1.29, 1.82) is 0 Å². The number of hydrogen-bond acceptors (Lipinski definition) is 1. The van der Waals surface area contributed by atoms with Crippen LogP contribution in [0.4, 0.5) is 8.78 Å². The van der Waals surface area contributed by atoms with Crippen LogP contribution in [0.25, 0.3) is 0 Å². The highest BCUT2D eigenvalue weighted by Crippen LogP contribution is 2.40. The Morgan fingerprint density at radius 1 is 1.42 bits per heavy atom. The predicted molar refractivity (Wildman–Crippen MR) is 45.4 cm³/mol. The molecule has 0 saturated heterocycles. The van der Waals surface area contributed by atoms with Crippen molar-refractivity contribution in [3.05, 3.63) is 0 Å². The first-order valence-electron chi connectivity index (χ1n) is 4.47. The average molecular weight is 177 g/mol. The quantitative estimate of drug-likeness (QED) is 0.698. The van der Waals surface area contributed by atoms with Gasteiger partial charge < -0.3 is 5.32 Å². The summed E-state index contributed by atoms with van der Waals surface area (Å²) in [7, 11) is 0. The van der Waals surface area contributed by atoms with E-state index in [2.05, 4.69) is 19.2 Å². The van der Waals surface area contributed by atoms with Gasteiger partial charge in [-0.15, -0.1) is 0 Å². The zero-order valence-electron chi connectivity index (χ0n) is 7.90. The Balaban J connectivity index is 2.32. The molecule has 1 rings (SSSR count). The van der Waals surface area contributed by atoms with Gasteiger partial charge in [-0.3, -0.25) is 0 Å². The Bertz CT molecular complexity index is 157. The number of nitrogens with one attached hydrogen (secondary N) is 1. The van der Waals surface area contributed by atoms with Gasteiger partial charge in [0, 0.05) is 6.04 Å². The molecule has 1 fully saturated rings. The Hall–Kier alpha value is -0.180. The smallest absolute Gasteiger partial charge is 0.253 e. The van der Waals surface area contributed by atoms with E-state index < -0.39 is 12.5 Å². The molecule has 3 heteroatoms. The number of alkyl halides is 2. The van der Waals surface area contributed by atoms with E-state index >= 15 is 0 Å². The topological polar surface area (TPSA) is 12.0 Å². The van der Waals surface area contributed by atoms with Gasteiger partial charge in [-0.05, 0) is 25.2 Å². The molecule has 0 spiro atoms. The second-order valence-corrected chi connectivity index (χ2v) is 4.37. The molecule has 2 unspecified atom stereocenters. The van der Waals surface area contributed by atoms with E-state index in [4.69, 9.17) is 0 Å². The van der Waals surface area contributed by atoms with Gasteiger partial charge in [-0.2, -0.15) is 0 Å². The summed E-state index contributed by atoms with van der Waals surface area (Å²) in [4.78, 5) is 0. The Morgan fingerprint density at radius 2 is 2.00 bits per heavy atom. The normalized spacial score (nSPS) is 30.0. The third kappa shape index (κ3) is 1.94. The highest BCUT2D eigenvalue weighted by Gasteiger charge is 2.39. The Labute approximate surface area is 72.5 Å². The molecule has 0 aromatic rings. The molecule has 1 nitrogen and oxygen atoms in total. The molecule has 0 bridgehead atoms. The van der Waals surface area contributed by atoms with Crippen molar-refractivity contribution in [2.75, 3.05) is 0 Å². The predicted octanol–water partition coefficient (Wildman–Crippen LogP) is 2.42. The zero-order chi connectivity index (χ0) is 9.35. The van der Waals surface area contributed by atoms with Crippen molar-refractivity contribution in [2.45, 2.75) is 52.1 Å². The summed E-state index contributed by atoms with van der Waals surface area (Å²) in [6, 6.07) is -0.393. The summed E-state index contributed by atoms with van der Waals surface area (Å²) in [5, 5.41) is 2.96. The van der Waals surface area contributed by atoms with Crippen molar-refractivity contribution in [3.63, 3.8) is 0 Å². The summed E-state index contributed by atoms with van der Waals surface area (Å²) < 4.78 is 24.3. The molecule has 72 valence electrons. The molecule has 1 saturated carbocycles. The van der Waals surface area contributed by atoms with Crippen LogP contribution in [-0.2, 0) is 0 Å². The molecule has 1 aliphatic rings. The molecule has 1 aliphatic carbocycles. The van der Waals surface area contributed by atoms with Crippen LogP contribution in [0, 0.1) is 5.41 Å². The molecule has 0 heterocycles. The molecule has 0 aromatic carbocycles. The maximum absolute atomic E-state index is 12.1. The highest BCUT2D eigenvalue weighted by molar-refractivity contribution is 4.95. The summed E-state index contributed by atoms with van der Waals surface area (Å²) in [5.74, 6) is 0. The summed E-state index contributed by atoms with van der Waals surface area (Å²) >= 11 is 0. The van der Waals surface area contributed by atoms with Crippen LogP contribution in [0.15, 0.2) is 0 Å². The monoisotopic (exact) mass is 177 g/mol. The van der Waals surface area contributed by atoms with E-state index in [0.717, 1.165) is 12.8 Å². The second-order valence-electron chi connectivity index (χ2n) is 4.37. The molecule has 2 atom stereocenters. The molecule has 1 N–H and O–H groups in total. The Morgan fingerprint density at radius 3 is 2.25 bits per heavy atom. The SMILES string of the molecule is CC(NC1CCC1(C)C)C(F)F. The first-order chi connectivity index (χ1) is 5.43. The van der Waals surface area contributed by atoms with E-state index in [1.807, 2.05) is 0 Å². The van der Waals surface area contributed by atoms with Crippen LogP contribution in [0.1, 0.15) is 33.6 Å². The lowest BCUT2D eigenvalue weighted by Crippen LogP contribution is -2.54. The van der Waals surface area contributed by atoms with Gasteiger partial charge in [0.1, 0.15) is 0 Å². The van der Waals surface area contributed by atoms with E-state index in [1.165, 1.54) is 0 Å². The van der Waals surface area contributed by atoms with Gasteiger partial charge in [-0.25, -0.2) is 8.78 Å². The third-order valence-corrected chi connectivity index (χ3v) is 2.86. The van der Waals surface area contributed by atoms with Crippen molar-refractivity contribution >= 4 is 0 Å². The van der Waals surface area contributed by atoms with Crippen LogP contribution in [0.3, 0.4) is 0 Å². The van der Waals surface area contributed by atoms with E-state index in [1.54, 1.807) is 6.92 Å². The first-order valence-corrected chi connectivity index (χ1v) is 4.47. The largest absolute Gasteiger partial charge is 0.306 e. The molecular weight excluding hydrogens is 160 g/mol. The Kier molecular flexibility index (Phi) is 2.71. The van der Waals surface area contributed by atoms with Gasteiger partial charge in [0.05, 0.1) is 6.04 Å². The van der Waals surface area contributed by atoms with E-state index in [9.17, 15) is 8.78 Å². The van der Waals surface area contributed by atoms with Crippen LogP contribution >= 0.6 is 0 Å². The second kappa shape index (κ2) is 3.29. The minimum absolute atomic E-state index is 0.211.